The van der Waals surface area contributed by atoms with Crippen LogP contribution in [0.1, 0.15) is 43.4 Å². The molecule has 1 aliphatic carbocycles. The zero-order valence-electron chi connectivity index (χ0n) is 11.8. The van der Waals surface area contributed by atoms with Gasteiger partial charge in [0.05, 0.1) is 17.6 Å². The van der Waals surface area contributed by atoms with Crippen molar-refractivity contribution in [2.24, 2.45) is 0 Å². The fourth-order valence-electron chi connectivity index (χ4n) is 2.62. The van der Waals surface area contributed by atoms with Gasteiger partial charge < -0.3 is 9.84 Å². The second-order valence-corrected chi connectivity index (χ2v) is 7.54. The smallest absolute Gasteiger partial charge is 0.153 e. The number of hydrogen-bond acceptors (Lipinski definition) is 4. The van der Waals surface area contributed by atoms with E-state index in [9.17, 15) is 13.5 Å². The van der Waals surface area contributed by atoms with Crippen LogP contribution in [0.5, 0.6) is 5.75 Å². The van der Waals surface area contributed by atoms with Gasteiger partial charge in [-0.2, -0.15) is 0 Å². The van der Waals surface area contributed by atoms with Gasteiger partial charge in [0.25, 0.3) is 0 Å². The van der Waals surface area contributed by atoms with Crippen molar-refractivity contribution >= 4 is 9.84 Å². The van der Waals surface area contributed by atoms with E-state index in [1.807, 2.05) is 25.1 Å². The Balaban J connectivity index is 2.02. The van der Waals surface area contributed by atoms with E-state index in [0.717, 1.165) is 30.4 Å². The highest BCUT2D eigenvalue weighted by molar-refractivity contribution is 7.91. The molecule has 0 aromatic heterocycles. The van der Waals surface area contributed by atoms with Crippen LogP contribution >= 0.6 is 0 Å². The molecule has 20 heavy (non-hydrogen) atoms. The molecule has 1 aromatic carbocycles. The summed E-state index contributed by atoms with van der Waals surface area (Å²) < 4.78 is 28.9. The third-order valence-electron chi connectivity index (χ3n) is 3.60. The number of aliphatic hydroxyl groups is 1. The van der Waals surface area contributed by atoms with E-state index in [2.05, 4.69) is 0 Å². The van der Waals surface area contributed by atoms with Crippen molar-refractivity contribution in [2.45, 2.75) is 38.7 Å². The summed E-state index contributed by atoms with van der Waals surface area (Å²) in [5, 5.41) is 9.96. The molecule has 112 valence electrons. The lowest BCUT2D eigenvalue weighted by molar-refractivity contribution is 0.155. The third-order valence-corrected chi connectivity index (χ3v) is 5.42. The minimum Gasteiger partial charge on any atom is -0.492 e. The molecule has 0 amide bonds. The molecule has 0 saturated heterocycles. The molecule has 0 heterocycles. The molecule has 0 fully saturated rings. The Hall–Kier alpha value is -1.07. The molecule has 0 spiro atoms. The van der Waals surface area contributed by atoms with E-state index in [1.165, 1.54) is 0 Å². The summed E-state index contributed by atoms with van der Waals surface area (Å²) in [7, 11) is -3.01. The summed E-state index contributed by atoms with van der Waals surface area (Å²) in [6, 6.07) is 5.62. The van der Waals surface area contributed by atoms with Crippen molar-refractivity contribution in [1.82, 2.24) is 0 Å². The van der Waals surface area contributed by atoms with Crippen LogP contribution in [-0.2, 0) is 16.3 Å². The maximum absolute atomic E-state index is 11.6. The number of aliphatic hydroxyl groups excluding tert-OH is 1. The van der Waals surface area contributed by atoms with Gasteiger partial charge in [0.2, 0.25) is 0 Å². The average Bonchev–Trinajstić information content (AvgIpc) is 2.39. The largest absolute Gasteiger partial charge is 0.492 e. The predicted octanol–water partition coefficient (Wildman–Crippen LogP) is 2.26. The van der Waals surface area contributed by atoms with Crippen LogP contribution < -0.4 is 4.74 Å². The van der Waals surface area contributed by atoms with Crippen molar-refractivity contribution in [3.05, 3.63) is 29.3 Å². The highest BCUT2D eigenvalue weighted by atomic mass is 32.2. The second-order valence-electron chi connectivity index (χ2n) is 5.23. The number of benzene rings is 1. The topological polar surface area (TPSA) is 63.6 Å². The Kier molecular flexibility index (Phi) is 5.05. The molecule has 1 N–H and O–H groups in total. The van der Waals surface area contributed by atoms with Crippen LogP contribution in [0.4, 0.5) is 0 Å². The first-order chi connectivity index (χ1) is 9.53. The zero-order chi connectivity index (χ0) is 14.6. The molecular formula is C15H22O4S. The van der Waals surface area contributed by atoms with Crippen molar-refractivity contribution in [1.29, 1.82) is 0 Å². The summed E-state index contributed by atoms with van der Waals surface area (Å²) in [5.41, 5.74) is 1.95. The summed E-state index contributed by atoms with van der Waals surface area (Å²) >= 11 is 0. The molecule has 1 aromatic rings. The summed E-state index contributed by atoms with van der Waals surface area (Å²) in [6.45, 7) is 2.03. The Morgan fingerprint density at radius 3 is 2.90 bits per heavy atom. The monoisotopic (exact) mass is 298 g/mol. The lowest BCUT2D eigenvalue weighted by Crippen LogP contribution is -2.18. The van der Waals surface area contributed by atoms with Gasteiger partial charge in [-0.1, -0.05) is 19.1 Å². The molecule has 0 radical (unpaired) electrons. The number of sulfone groups is 1. The molecule has 0 saturated carbocycles. The number of ether oxygens (including phenoxy) is 1. The lowest BCUT2D eigenvalue weighted by atomic mass is 9.89. The molecule has 1 aliphatic rings. The normalized spacial score (nSPS) is 18.6. The molecule has 1 unspecified atom stereocenters. The Morgan fingerprint density at radius 1 is 1.35 bits per heavy atom. The summed E-state index contributed by atoms with van der Waals surface area (Å²) in [4.78, 5) is 0. The van der Waals surface area contributed by atoms with Crippen LogP contribution in [0.3, 0.4) is 0 Å². The van der Waals surface area contributed by atoms with Gasteiger partial charge >= 0.3 is 0 Å². The minimum atomic E-state index is -3.01. The number of hydrogen-bond donors (Lipinski definition) is 1. The second kappa shape index (κ2) is 6.59. The molecule has 5 heteroatoms. The van der Waals surface area contributed by atoms with Crippen molar-refractivity contribution in [3.63, 3.8) is 0 Å². The highest BCUT2D eigenvalue weighted by Crippen LogP contribution is 2.35. The lowest BCUT2D eigenvalue weighted by Gasteiger charge is -2.23. The van der Waals surface area contributed by atoms with Gasteiger partial charge in [-0.15, -0.1) is 0 Å². The van der Waals surface area contributed by atoms with Gasteiger partial charge in [0.15, 0.2) is 9.84 Å². The molecular weight excluding hydrogens is 276 g/mol. The van der Waals surface area contributed by atoms with Gasteiger partial charge in [-0.05, 0) is 42.9 Å². The fraction of sp³-hybridized carbons (Fsp3) is 0.600. The van der Waals surface area contributed by atoms with E-state index in [0.29, 0.717) is 12.2 Å². The quantitative estimate of drug-likeness (QED) is 0.875. The Morgan fingerprint density at radius 2 is 2.15 bits per heavy atom. The van der Waals surface area contributed by atoms with E-state index < -0.39 is 15.9 Å². The predicted molar refractivity (Wildman–Crippen MR) is 78.8 cm³/mol. The molecule has 4 nitrogen and oxygen atoms in total. The molecule has 2 rings (SSSR count). The SMILES string of the molecule is CCCS(=O)(=O)CCOc1cccc2c1CCCC2O. The van der Waals surface area contributed by atoms with E-state index in [4.69, 9.17) is 4.74 Å². The van der Waals surface area contributed by atoms with E-state index in [1.54, 1.807) is 0 Å². The van der Waals surface area contributed by atoms with E-state index >= 15 is 0 Å². The Labute approximate surface area is 120 Å². The Bertz CT molecular complexity index is 551. The number of fused-ring (bicyclic) bond motifs is 1. The fourth-order valence-corrected chi connectivity index (χ4v) is 3.78. The minimum absolute atomic E-state index is 0.0487. The summed E-state index contributed by atoms with van der Waals surface area (Å²) in [5.74, 6) is 0.975. The van der Waals surface area contributed by atoms with Crippen molar-refractivity contribution in [3.8, 4) is 5.75 Å². The average molecular weight is 298 g/mol. The molecule has 0 bridgehead atoms. The van der Waals surface area contributed by atoms with Crippen LogP contribution in [0.2, 0.25) is 0 Å². The zero-order valence-corrected chi connectivity index (χ0v) is 12.7. The van der Waals surface area contributed by atoms with Crippen molar-refractivity contribution < 1.29 is 18.3 Å². The third kappa shape index (κ3) is 3.73. The maximum Gasteiger partial charge on any atom is 0.153 e. The number of rotatable bonds is 6. The van der Waals surface area contributed by atoms with E-state index in [-0.39, 0.29) is 18.1 Å². The first-order valence-corrected chi connectivity index (χ1v) is 8.98. The first-order valence-electron chi connectivity index (χ1n) is 7.16. The van der Waals surface area contributed by atoms with Crippen LogP contribution in [0.25, 0.3) is 0 Å². The first kappa shape index (κ1) is 15.3. The highest BCUT2D eigenvalue weighted by Gasteiger charge is 2.21. The van der Waals surface area contributed by atoms with Gasteiger partial charge in [0, 0.05) is 0 Å². The molecule has 0 aliphatic heterocycles. The van der Waals surface area contributed by atoms with Gasteiger partial charge in [-0.25, -0.2) is 8.42 Å². The van der Waals surface area contributed by atoms with Crippen LogP contribution in [0.15, 0.2) is 18.2 Å². The van der Waals surface area contributed by atoms with Crippen LogP contribution in [0, 0.1) is 0 Å². The molecule has 1 atom stereocenters. The standard InChI is InChI=1S/C15H22O4S/c1-2-10-20(17,18)11-9-19-15-8-4-5-12-13(15)6-3-7-14(12)16/h4-5,8,14,16H,2-3,6-7,9-11H2,1H3. The van der Waals surface area contributed by atoms with Crippen molar-refractivity contribution in [2.75, 3.05) is 18.1 Å². The summed E-state index contributed by atoms with van der Waals surface area (Å²) in [6.07, 6.45) is 2.80. The van der Waals surface area contributed by atoms with Gasteiger partial charge in [-0.3, -0.25) is 0 Å². The van der Waals surface area contributed by atoms with Gasteiger partial charge in [0.1, 0.15) is 12.4 Å². The maximum atomic E-state index is 11.6. The van der Waals surface area contributed by atoms with Crippen LogP contribution in [-0.4, -0.2) is 31.6 Å².